The number of hydrogen-bond donors (Lipinski definition) is 1. The Labute approximate surface area is 99.3 Å². The summed E-state index contributed by atoms with van der Waals surface area (Å²) in [5, 5.41) is 2.76. The molecule has 2 aliphatic rings. The van der Waals surface area contributed by atoms with E-state index < -0.39 is 23.2 Å². The number of likely N-dealkylation sites (tertiary alicyclic amines) is 1. The summed E-state index contributed by atoms with van der Waals surface area (Å²) in [6.45, 7) is 5.31. The highest BCUT2D eigenvalue weighted by molar-refractivity contribution is 5.69. The van der Waals surface area contributed by atoms with E-state index in [0.717, 1.165) is 0 Å². The SMILES string of the molecule is CC(C)(C)OC(=O)N1CC[C@@]2(C1)NCC2(F)F. The van der Waals surface area contributed by atoms with Crippen molar-refractivity contribution in [1.29, 1.82) is 0 Å². The average molecular weight is 248 g/mol. The van der Waals surface area contributed by atoms with Gasteiger partial charge < -0.3 is 9.64 Å². The smallest absolute Gasteiger partial charge is 0.410 e. The molecule has 0 aromatic carbocycles. The van der Waals surface area contributed by atoms with Gasteiger partial charge >= 0.3 is 6.09 Å². The van der Waals surface area contributed by atoms with Gasteiger partial charge in [0.25, 0.3) is 5.92 Å². The van der Waals surface area contributed by atoms with Crippen molar-refractivity contribution in [2.45, 2.75) is 44.3 Å². The summed E-state index contributed by atoms with van der Waals surface area (Å²) < 4.78 is 32.0. The summed E-state index contributed by atoms with van der Waals surface area (Å²) in [5.74, 6) is -2.72. The first kappa shape index (κ1) is 12.5. The highest BCUT2D eigenvalue weighted by atomic mass is 19.3. The molecule has 2 fully saturated rings. The van der Waals surface area contributed by atoms with Gasteiger partial charge in [0, 0.05) is 13.1 Å². The van der Waals surface area contributed by atoms with Crippen LogP contribution < -0.4 is 5.32 Å². The molecule has 0 bridgehead atoms. The van der Waals surface area contributed by atoms with Crippen LogP contribution in [0.25, 0.3) is 0 Å². The number of rotatable bonds is 0. The molecule has 1 spiro atoms. The third-order valence-corrected chi connectivity index (χ3v) is 3.27. The van der Waals surface area contributed by atoms with Gasteiger partial charge in [-0.2, -0.15) is 0 Å². The number of halogens is 2. The number of carbonyl (C=O) groups excluding carboxylic acids is 1. The van der Waals surface area contributed by atoms with E-state index in [1.807, 2.05) is 0 Å². The van der Waals surface area contributed by atoms with Crippen molar-refractivity contribution in [3.05, 3.63) is 0 Å². The monoisotopic (exact) mass is 248 g/mol. The van der Waals surface area contributed by atoms with Gasteiger partial charge in [-0.05, 0) is 27.2 Å². The Balaban J connectivity index is 1.97. The predicted octanol–water partition coefficient (Wildman–Crippen LogP) is 1.60. The molecule has 0 aromatic heterocycles. The number of carbonyl (C=O) groups is 1. The maximum absolute atomic E-state index is 13.4. The summed E-state index contributed by atoms with van der Waals surface area (Å²) in [6, 6.07) is 0. The second kappa shape index (κ2) is 3.54. The number of nitrogens with zero attached hydrogens (tertiary/aromatic N) is 1. The molecule has 6 heteroatoms. The highest BCUT2D eigenvalue weighted by Crippen LogP contribution is 2.42. The van der Waals surface area contributed by atoms with Crippen LogP contribution in [-0.2, 0) is 4.74 Å². The Morgan fingerprint density at radius 2 is 2.06 bits per heavy atom. The molecule has 1 atom stereocenters. The molecule has 0 radical (unpaired) electrons. The second-order valence-electron chi connectivity index (χ2n) is 5.79. The second-order valence-corrected chi connectivity index (χ2v) is 5.79. The molecule has 0 saturated carbocycles. The molecule has 2 saturated heterocycles. The van der Waals surface area contributed by atoms with E-state index in [2.05, 4.69) is 5.32 Å². The lowest BCUT2D eigenvalue weighted by atomic mass is 9.83. The quantitative estimate of drug-likeness (QED) is 0.708. The Kier molecular flexibility index (Phi) is 2.61. The van der Waals surface area contributed by atoms with E-state index in [-0.39, 0.29) is 19.5 Å². The van der Waals surface area contributed by atoms with E-state index in [1.54, 1.807) is 20.8 Å². The topological polar surface area (TPSA) is 41.6 Å². The minimum absolute atomic E-state index is 0.0227. The van der Waals surface area contributed by atoms with E-state index in [4.69, 9.17) is 4.74 Å². The normalized spacial score (nSPS) is 31.5. The summed E-state index contributed by atoms with van der Waals surface area (Å²) >= 11 is 0. The molecule has 98 valence electrons. The van der Waals surface area contributed by atoms with Crippen molar-refractivity contribution >= 4 is 6.09 Å². The molecular weight excluding hydrogens is 230 g/mol. The summed E-state index contributed by atoms with van der Waals surface area (Å²) in [5.41, 5.74) is -1.81. The summed E-state index contributed by atoms with van der Waals surface area (Å²) in [7, 11) is 0. The molecule has 2 rings (SSSR count). The zero-order chi connectivity index (χ0) is 12.9. The van der Waals surface area contributed by atoms with Crippen LogP contribution in [0.15, 0.2) is 0 Å². The van der Waals surface area contributed by atoms with Gasteiger partial charge in [-0.15, -0.1) is 0 Å². The lowest BCUT2D eigenvalue weighted by molar-refractivity contribution is -0.148. The Morgan fingerprint density at radius 1 is 1.41 bits per heavy atom. The lowest BCUT2D eigenvalue weighted by Crippen LogP contribution is -2.74. The number of hydrogen-bond acceptors (Lipinski definition) is 3. The van der Waals surface area contributed by atoms with Gasteiger partial charge in [0.2, 0.25) is 0 Å². The van der Waals surface area contributed by atoms with E-state index in [0.29, 0.717) is 6.54 Å². The van der Waals surface area contributed by atoms with Crippen LogP contribution in [0.3, 0.4) is 0 Å². The van der Waals surface area contributed by atoms with Gasteiger partial charge in [0.1, 0.15) is 11.1 Å². The molecule has 2 aliphatic heterocycles. The number of amides is 1. The maximum Gasteiger partial charge on any atom is 0.410 e. The third kappa shape index (κ3) is 2.10. The number of alkyl halides is 2. The van der Waals surface area contributed by atoms with Crippen molar-refractivity contribution in [1.82, 2.24) is 10.2 Å². The van der Waals surface area contributed by atoms with Crippen molar-refractivity contribution in [3.63, 3.8) is 0 Å². The number of ether oxygens (including phenoxy) is 1. The Bertz CT molecular complexity index is 341. The van der Waals surface area contributed by atoms with Crippen LogP contribution in [0.1, 0.15) is 27.2 Å². The lowest BCUT2D eigenvalue weighted by Gasteiger charge is -2.47. The van der Waals surface area contributed by atoms with Crippen LogP contribution in [-0.4, -0.2) is 47.7 Å². The first-order valence-electron chi connectivity index (χ1n) is 5.76. The third-order valence-electron chi connectivity index (χ3n) is 3.27. The number of nitrogens with one attached hydrogen (secondary N) is 1. The molecule has 17 heavy (non-hydrogen) atoms. The van der Waals surface area contributed by atoms with Crippen molar-refractivity contribution in [2.24, 2.45) is 0 Å². The van der Waals surface area contributed by atoms with E-state index in [1.165, 1.54) is 4.90 Å². The fraction of sp³-hybridized carbons (Fsp3) is 0.909. The minimum atomic E-state index is -2.72. The van der Waals surface area contributed by atoms with Crippen LogP contribution in [0, 0.1) is 0 Å². The first-order chi connectivity index (χ1) is 7.65. The molecule has 4 nitrogen and oxygen atoms in total. The summed E-state index contributed by atoms with van der Waals surface area (Å²) in [4.78, 5) is 13.1. The van der Waals surface area contributed by atoms with Gasteiger partial charge in [0.15, 0.2) is 0 Å². The zero-order valence-corrected chi connectivity index (χ0v) is 10.3. The van der Waals surface area contributed by atoms with E-state index >= 15 is 0 Å². The Morgan fingerprint density at radius 3 is 2.41 bits per heavy atom. The van der Waals surface area contributed by atoms with Crippen LogP contribution in [0.2, 0.25) is 0 Å². The molecule has 2 heterocycles. The van der Waals surface area contributed by atoms with Crippen LogP contribution in [0.5, 0.6) is 0 Å². The van der Waals surface area contributed by atoms with E-state index in [9.17, 15) is 13.6 Å². The first-order valence-corrected chi connectivity index (χ1v) is 5.76. The highest BCUT2D eigenvalue weighted by Gasteiger charge is 2.64. The molecule has 1 N–H and O–H groups in total. The van der Waals surface area contributed by atoms with Gasteiger partial charge in [-0.3, -0.25) is 5.32 Å². The van der Waals surface area contributed by atoms with Gasteiger partial charge in [-0.1, -0.05) is 0 Å². The maximum atomic E-state index is 13.4. The van der Waals surface area contributed by atoms with Gasteiger partial charge in [0.05, 0.1) is 6.54 Å². The minimum Gasteiger partial charge on any atom is -0.444 e. The van der Waals surface area contributed by atoms with Crippen LogP contribution >= 0.6 is 0 Å². The van der Waals surface area contributed by atoms with Crippen molar-refractivity contribution in [3.8, 4) is 0 Å². The fourth-order valence-electron chi connectivity index (χ4n) is 2.21. The molecule has 0 unspecified atom stereocenters. The predicted molar refractivity (Wildman–Crippen MR) is 58.1 cm³/mol. The standard InChI is InChI=1S/C11H18F2N2O2/c1-9(2,3)17-8(16)15-5-4-10(7-15)11(12,13)6-14-10/h14H,4-7H2,1-3H3/t10-/m0/s1. The fourth-order valence-corrected chi connectivity index (χ4v) is 2.21. The molecule has 0 aliphatic carbocycles. The average Bonchev–Trinajstić information content (AvgIpc) is 2.60. The van der Waals surface area contributed by atoms with Gasteiger partial charge in [-0.25, -0.2) is 13.6 Å². The Hall–Kier alpha value is -0.910. The zero-order valence-electron chi connectivity index (χ0n) is 10.3. The van der Waals surface area contributed by atoms with Crippen molar-refractivity contribution < 1.29 is 18.3 Å². The molecule has 0 aromatic rings. The summed E-state index contributed by atoms with van der Waals surface area (Å²) in [6.07, 6.45) is -0.238. The molecule has 1 amide bonds. The largest absolute Gasteiger partial charge is 0.444 e. The molecular formula is C11H18F2N2O2. The van der Waals surface area contributed by atoms with Crippen LogP contribution in [0.4, 0.5) is 13.6 Å². The van der Waals surface area contributed by atoms with Crippen molar-refractivity contribution in [2.75, 3.05) is 19.6 Å².